The summed E-state index contributed by atoms with van der Waals surface area (Å²) in [5, 5.41) is 3.20. The fourth-order valence-corrected chi connectivity index (χ4v) is 2.92. The second kappa shape index (κ2) is 9.48. The summed E-state index contributed by atoms with van der Waals surface area (Å²) >= 11 is 0. The summed E-state index contributed by atoms with van der Waals surface area (Å²) in [6.45, 7) is 0.426. The molecule has 9 heteroatoms. The molecule has 1 saturated heterocycles. The van der Waals surface area contributed by atoms with Crippen molar-refractivity contribution < 1.29 is 27.4 Å². The number of carbonyl (C=O) groups is 1. The number of rotatable bonds is 5. The number of nitrogens with zero attached hydrogens (tertiary/aromatic N) is 2. The Hall–Kier alpha value is -2.45. The Morgan fingerprint density at radius 1 is 1.33 bits per heavy atom. The molecule has 2 rings (SSSR count). The van der Waals surface area contributed by atoms with Crippen molar-refractivity contribution in [2.75, 3.05) is 33.9 Å². The van der Waals surface area contributed by atoms with Crippen molar-refractivity contribution in [2.45, 2.75) is 25.6 Å². The van der Waals surface area contributed by atoms with Gasteiger partial charge in [-0.2, -0.15) is 13.2 Å². The second-order valence-electron chi connectivity index (χ2n) is 6.24. The van der Waals surface area contributed by atoms with Crippen LogP contribution < -0.4 is 10.1 Å². The number of aliphatic imine (C=N–C) groups is 1. The second-order valence-corrected chi connectivity index (χ2v) is 6.24. The standard InChI is InChI=1S/C18H24F3N3O3/c1-22-17(24-8-6-14(7-9-24)16(25)26-2)23-11-13-4-3-5-15(10-13)27-12-18(19,20)21/h3-5,10,14H,6-9,11-12H2,1-2H3,(H,22,23). The average molecular weight is 387 g/mol. The number of alkyl halides is 3. The van der Waals surface area contributed by atoms with E-state index in [1.54, 1.807) is 25.2 Å². The van der Waals surface area contributed by atoms with Gasteiger partial charge in [0.2, 0.25) is 0 Å². The molecule has 1 aromatic carbocycles. The SMILES string of the molecule is CN=C(NCc1cccc(OCC(F)(F)F)c1)N1CCC(C(=O)OC)CC1. The predicted octanol–water partition coefficient (Wildman–Crippen LogP) is 2.59. The van der Waals surface area contributed by atoms with Gasteiger partial charge in [0.25, 0.3) is 0 Å². The van der Waals surface area contributed by atoms with E-state index in [1.165, 1.54) is 13.2 Å². The van der Waals surface area contributed by atoms with E-state index in [0.29, 0.717) is 38.4 Å². The zero-order chi connectivity index (χ0) is 19.9. The van der Waals surface area contributed by atoms with E-state index in [0.717, 1.165) is 5.56 Å². The average Bonchev–Trinajstić information content (AvgIpc) is 2.66. The fraction of sp³-hybridized carbons (Fsp3) is 0.556. The number of benzene rings is 1. The molecule has 0 atom stereocenters. The van der Waals surface area contributed by atoms with Crippen molar-refractivity contribution in [2.24, 2.45) is 10.9 Å². The number of carbonyl (C=O) groups excluding carboxylic acids is 1. The number of esters is 1. The number of hydrogen-bond acceptors (Lipinski definition) is 4. The third kappa shape index (κ3) is 6.65. The predicted molar refractivity (Wildman–Crippen MR) is 94.5 cm³/mol. The van der Waals surface area contributed by atoms with Crippen molar-refractivity contribution in [1.82, 2.24) is 10.2 Å². The topological polar surface area (TPSA) is 63.2 Å². The molecule has 1 N–H and O–H groups in total. The van der Waals surface area contributed by atoms with Crippen LogP contribution in [-0.4, -0.2) is 56.9 Å². The lowest BCUT2D eigenvalue weighted by Crippen LogP contribution is -2.46. The molecule has 0 radical (unpaired) electrons. The molecule has 27 heavy (non-hydrogen) atoms. The number of nitrogens with one attached hydrogen (secondary N) is 1. The summed E-state index contributed by atoms with van der Waals surface area (Å²) in [6, 6.07) is 6.49. The molecule has 0 bridgehead atoms. The minimum Gasteiger partial charge on any atom is -0.484 e. The Balaban J connectivity index is 1.87. The van der Waals surface area contributed by atoms with Crippen LogP contribution >= 0.6 is 0 Å². The van der Waals surface area contributed by atoms with Crippen molar-refractivity contribution in [1.29, 1.82) is 0 Å². The van der Waals surface area contributed by atoms with E-state index in [4.69, 9.17) is 9.47 Å². The molecule has 150 valence electrons. The summed E-state index contributed by atoms with van der Waals surface area (Å²) in [4.78, 5) is 17.9. The van der Waals surface area contributed by atoms with Crippen LogP contribution in [0.3, 0.4) is 0 Å². The van der Waals surface area contributed by atoms with E-state index in [9.17, 15) is 18.0 Å². The van der Waals surface area contributed by atoms with Crippen LogP contribution in [-0.2, 0) is 16.1 Å². The largest absolute Gasteiger partial charge is 0.484 e. The first kappa shape index (κ1) is 20.9. The molecule has 1 aliphatic rings. The van der Waals surface area contributed by atoms with Crippen molar-refractivity contribution >= 4 is 11.9 Å². The molecule has 1 heterocycles. The van der Waals surface area contributed by atoms with E-state index in [2.05, 4.69) is 10.3 Å². The zero-order valence-electron chi connectivity index (χ0n) is 15.4. The molecule has 0 aromatic heterocycles. The normalized spacial score (nSPS) is 16.2. The van der Waals surface area contributed by atoms with Crippen LogP contribution in [0.15, 0.2) is 29.3 Å². The first-order chi connectivity index (χ1) is 12.8. The van der Waals surface area contributed by atoms with Gasteiger partial charge in [-0.15, -0.1) is 0 Å². The zero-order valence-corrected chi connectivity index (χ0v) is 15.4. The summed E-state index contributed by atoms with van der Waals surface area (Å²) in [7, 11) is 3.05. The molecule has 1 fully saturated rings. The van der Waals surface area contributed by atoms with Crippen LogP contribution in [0.25, 0.3) is 0 Å². The molecule has 0 saturated carbocycles. The Labute approximate surface area is 156 Å². The minimum absolute atomic E-state index is 0.0909. The Kier molecular flexibility index (Phi) is 7.32. The van der Waals surface area contributed by atoms with Gasteiger partial charge in [0.15, 0.2) is 12.6 Å². The lowest BCUT2D eigenvalue weighted by Gasteiger charge is -2.33. The highest BCUT2D eigenvalue weighted by molar-refractivity contribution is 5.80. The third-order valence-corrected chi connectivity index (χ3v) is 4.29. The molecule has 0 unspecified atom stereocenters. The maximum absolute atomic E-state index is 12.3. The quantitative estimate of drug-likeness (QED) is 0.478. The molecule has 0 aliphatic carbocycles. The maximum Gasteiger partial charge on any atom is 0.422 e. The van der Waals surface area contributed by atoms with Gasteiger partial charge in [-0.05, 0) is 30.5 Å². The van der Waals surface area contributed by atoms with E-state index >= 15 is 0 Å². The van der Waals surface area contributed by atoms with Crippen molar-refractivity contribution in [3.05, 3.63) is 29.8 Å². The van der Waals surface area contributed by atoms with Gasteiger partial charge in [0, 0.05) is 26.7 Å². The van der Waals surface area contributed by atoms with Gasteiger partial charge in [0.05, 0.1) is 13.0 Å². The number of hydrogen-bond donors (Lipinski definition) is 1. The smallest absolute Gasteiger partial charge is 0.422 e. The van der Waals surface area contributed by atoms with Gasteiger partial charge in [-0.25, -0.2) is 0 Å². The third-order valence-electron chi connectivity index (χ3n) is 4.29. The van der Waals surface area contributed by atoms with Crippen LogP contribution in [0.2, 0.25) is 0 Å². The van der Waals surface area contributed by atoms with Crippen molar-refractivity contribution in [3.8, 4) is 5.75 Å². The molecule has 6 nitrogen and oxygen atoms in total. The number of guanidine groups is 1. The molecule has 0 spiro atoms. The maximum atomic E-state index is 12.3. The molecule has 1 aromatic rings. The number of methoxy groups -OCH3 is 1. The molecular formula is C18H24F3N3O3. The Morgan fingerprint density at radius 2 is 2.04 bits per heavy atom. The van der Waals surface area contributed by atoms with Crippen LogP contribution in [0, 0.1) is 5.92 Å². The van der Waals surface area contributed by atoms with Crippen LogP contribution in [0.5, 0.6) is 5.75 Å². The highest BCUT2D eigenvalue weighted by atomic mass is 19.4. The van der Waals surface area contributed by atoms with Gasteiger partial charge >= 0.3 is 12.1 Å². The Morgan fingerprint density at radius 3 is 2.63 bits per heavy atom. The van der Waals surface area contributed by atoms with Gasteiger partial charge in [-0.3, -0.25) is 9.79 Å². The van der Waals surface area contributed by atoms with Gasteiger partial charge in [-0.1, -0.05) is 12.1 Å². The number of piperidine rings is 1. The molecule has 0 amide bonds. The van der Waals surface area contributed by atoms with Gasteiger partial charge < -0.3 is 19.7 Å². The summed E-state index contributed by atoms with van der Waals surface area (Å²) in [5.41, 5.74) is 0.778. The molecule has 1 aliphatic heterocycles. The monoisotopic (exact) mass is 387 g/mol. The summed E-state index contributed by atoms with van der Waals surface area (Å²) < 4.78 is 46.3. The van der Waals surface area contributed by atoms with E-state index in [1.807, 2.05) is 4.90 Å². The first-order valence-electron chi connectivity index (χ1n) is 8.64. The lowest BCUT2D eigenvalue weighted by atomic mass is 9.97. The van der Waals surface area contributed by atoms with Gasteiger partial charge in [0.1, 0.15) is 5.75 Å². The van der Waals surface area contributed by atoms with E-state index < -0.39 is 12.8 Å². The minimum atomic E-state index is -4.37. The first-order valence-corrected chi connectivity index (χ1v) is 8.64. The van der Waals surface area contributed by atoms with Crippen LogP contribution in [0.1, 0.15) is 18.4 Å². The number of halogens is 3. The fourth-order valence-electron chi connectivity index (χ4n) is 2.92. The molecular weight excluding hydrogens is 363 g/mol. The van der Waals surface area contributed by atoms with Crippen LogP contribution in [0.4, 0.5) is 13.2 Å². The lowest BCUT2D eigenvalue weighted by molar-refractivity contribution is -0.153. The summed E-state index contributed by atoms with van der Waals surface area (Å²) in [6.07, 6.45) is -2.99. The highest BCUT2D eigenvalue weighted by Gasteiger charge is 2.28. The number of likely N-dealkylation sites (tertiary alicyclic amines) is 1. The highest BCUT2D eigenvalue weighted by Crippen LogP contribution is 2.20. The Bertz CT molecular complexity index is 657. The van der Waals surface area contributed by atoms with E-state index in [-0.39, 0.29) is 17.6 Å². The number of ether oxygens (including phenoxy) is 2. The summed E-state index contributed by atoms with van der Waals surface area (Å²) in [5.74, 6) is 0.570. The van der Waals surface area contributed by atoms with Crippen molar-refractivity contribution in [3.63, 3.8) is 0 Å².